The lowest BCUT2D eigenvalue weighted by Gasteiger charge is -2.56. The average molecular weight is 477 g/mol. The number of rotatable bonds is 6. The van der Waals surface area contributed by atoms with Gasteiger partial charge in [0, 0.05) is 10.4 Å². The van der Waals surface area contributed by atoms with E-state index in [-0.39, 0.29) is 34.6 Å². The minimum atomic E-state index is -3.11. The monoisotopic (exact) mass is 476 g/mol. The van der Waals surface area contributed by atoms with Crippen molar-refractivity contribution in [1.82, 2.24) is 10.6 Å². The molecule has 0 spiro atoms. The first-order valence-electron chi connectivity index (χ1n) is 11.7. The van der Waals surface area contributed by atoms with E-state index in [1.165, 1.54) is 31.0 Å². The van der Waals surface area contributed by atoms with Crippen molar-refractivity contribution < 1.29 is 18.0 Å². The molecule has 174 valence electrons. The minimum absolute atomic E-state index is 0.00809. The van der Waals surface area contributed by atoms with E-state index in [2.05, 4.69) is 10.6 Å². The van der Waals surface area contributed by atoms with Crippen molar-refractivity contribution in [2.45, 2.75) is 67.8 Å². The minimum Gasteiger partial charge on any atom is -0.350 e. The molecule has 1 aromatic carbocycles. The number of sulfone groups is 1. The molecule has 1 aromatic rings. The van der Waals surface area contributed by atoms with Crippen LogP contribution in [0.3, 0.4) is 0 Å². The Hall–Kier alpha value is -1.54. The predicted molar refractivity (Wildman–Crippen MR) is 125 cm³/mol. The number of carbonyl (C=O) groups is 2. The zero-order valence-corrected chi connectivity index (χ0v) is 20.2. The average Bonchev–Trinajstić information content (AvgIpc) is 2.97. The second-order valence-electron chi connectivity index (χ2n) is 10.9. The van der Waals surface area contributed by atoms with Crippen LogP contribution in [0.2, 0.25) is 0 Å². The molecule has 2 amide bonds. The van der Waals surface area contributed by atoms with Gasteiger partial charge in [0.2, 0.25) is 5.91 Å². The molecule has 4 aliphatic carbocycles. The fourth-order valence-electron chi connectivity index (χ4n) is 6.97. The maximum absolute atomic E-state index is 13.0. The molecule has 8 heteroatoms. The van der Waals surface area contributed by atoms with Gasteiger partial charge in [0.15, 0.2) is 9.84 Å². The van der Waals surface area contributed by atoms with Gasteiger partial charge in [-0.3, -0.25) is 9.59 Å². The van der Waals surface area contributed by atoms with Crippen LogP contribution in [0, 0.1) is 17.8 Å². The number of carbonyl (C=O) groups excluding carboxylic acids is 2. The number of hydrogen-bond acceptors (Lipinski definition) is 5. The Balaban J connectivity index is 1.21. The van der Waals surface area contributed by atoms with Crippen LogP contribution >= 0.6 is 11.8 Å². The van der Waals surface area contributed by atoms with E-state index in [0.717, 1.165) is 41.9 Å². The summed E-state index contributed by atoms with van der Waals surface area (Å²) in [6, 6.07) is 7.24. The van der Waals surface area contributed by atoms with Gasteiger partial charge in [-0.1, -0.05) is 12.1 Å². The van der Waals surface area contributed by atoms with Crippen molar-refractivity contribution >= 4 is 33.4 Å². The Morgan fingerprint density at radius 3 is 2.25 bits per heavy atom. The standard InChI is InChI=1S/C24H32N2O4S2/c1-23(6-7-32(29,30)15-23)26-22(28)19-4-2-3-5-20(19)31-14-21(27)25-24-11-16-8-17(12-24)10-18(9-16)13-24/h2-5,16-18H,6-15H2,1H3,(H,25,27)(H,26,28)/t16?,17?,18?,23-,24?/m0/s1. The van der Waals surface area contributed by atoms with Gasteiger partial charge in [-0.15, -0.1) is 11.8 Å². The van der Waals surface area contributed by atoms with Gasteiger partial charge in [-0.2, -0.15) is 0 Å². The molecule has 0 unspecified atom stereocenters. The number of hydrogen-bond donors (Lipinski definition) is 2. The van der Waals surface area contributed by atoms with Crippen molar-refractivity contribution in [3.63, 3.8) is 0 Å². The van der Waals surface area contributed by atoms with Crippen LogP contribution in [-0.4, -0.2) is 48.6 Å². The van der Waals surface area contributed by atoms with E-state index in [1.807, 2.05) is 12.1 Å². The van der Waals surface area contributed by atoms with E-state index in [1.54, 1.807) is 19.1 Å². The summed E-state index contributed by atoms with van der Waals surface area (Å²) in [4.78, 5) is 26.6. The third-order valence-corrected chi connectivity index (χ3v) is 10.8. The molecule has 4 saturated carbocycles. The Morgan fingerprint density at radius 1 is 1.03 bits per heavy atom. The van der Waals surface area contributed by atoms with Gasteiger partial charge in [0.1, 0.15) is 0 Å². The lowest BCUT2D eigenvalue weighted by Crippen LogP contribution is -2.60. The molecular weight excluding hydrogens is 444 g/mol. The first-order chi connectivity index (χ1) is 15.1. The second-order valence-corrected chi connectivity index (χ2v) is 14.1. The summed E-state index contributed by atoms with van der Waals surface area (Å²) in [6.07, 6.45) is 7.80. The van der Waals surface area contributed by atoms with E-state index < -0.39 is 15.4 Å². The Bertz CT molecular complexity index is 1000. The van der Waals surface area contributed by atoms with E-state index in [0.29, 0.717) is 12.0 Å². The van der Waals surface area contributed by atoms with Gasteiger partial charge < -0.3 is 10.6 Å². The number of thioether (sulfide) groups is 1. The summed E-state index contributed by atoms with van der Waals surface area (Å²) >= 11 is 1.38. The summed E-state index contributed by atoms with van der Waals surface area (Å²) in [5.74, 6) is 2.44. The summed E-state index contributed by atoms with van der Waals surface area (Å²) < 4.78 is 23.7. The van der Waals surface area contributed by atoms with Gasteiger partial charge in [0.25, 0.3) is 5.91 Å². The van der Waals surface area contributed by atoms with Gasteiger partial charge in [-0.05, 0) is 81.8 Å². The molecule has 6 rings (SSSR count). The molecule has 5 aliphatic rings. The van der Waals surface area contributed by atoms with Gasteiger partial charge >= 0.3 is 0 Å². The third kappa shape index (κ3) is 4.58. The highest BCUT2D eigenvalue weighted by molar-refractivity contribution is 8.00. The largest absolute Gasteiger partial charge is 0.350 e. The van der Waals surface area contributed by atoms with Crippen LogP contribution < -0.4 is 10.6 Å². The summed E-state index contributed by atoms with van der Waals surface area (Å²) in [5, 5.41) is 6.32. The fourth-order valence-corrected chi connectivity index (χ4v) is 9.91. The smallest absolute Gasteiger partial charge is 0.252 e. The molecule has 4 bridgehead atoms. The topological polar surface area (TPSA) is 92.3 Å². The van der Waals surface area contributed by atoms with Crippen molar-refractivity contribution in [2.75, 3.05) is 17.3 Å². The normalized spacial score (nSPS) is 36.7. The Morgan fingerprint density at radius 2 is 1.66 bits per heavy atom. The number of amides is 2. The number of nitrogens with one attached hydrogen (secondary N) is 2. The summed E-state index contributed by atoms with van der Waals surface area (Å²) in [6.45, 7) is 1.78. The molecule has 0 aromatic heterocycles. The summed E-state index contributed by atoms with van der Waals surface area (Å²) in [7, 11) is -3.11. The molecule has 1 aliphatic heterocycles. The molecule has 32 heavy (non-hydrogen) atoms. The lowest BCUT2D eigenvalue weighted by atomic mass is 9.53. The molecule has 1 atom stereocenters. The van der Waals surface area contributed by atoms with Crippen molar-refractivity contribution in [1.29, 1.82) is 0 Å². The summed E-state index contributed by atoms with van der Waals surface area (Å²) in [5.41, 5.74) is -0.263. The highest BCUT2D eigenvalue weighted by Gasteiger charge is 2.51. The Labute approximate surface area is 194 Å². The van der Waals surface area contributed by atoms with Crippen molar-refractivity contribution in [3.05, 3.63) is 29.8 Å². The van der Waals surface area contributed by atoms with Crippen LogP contribution in [0.25, 0.3) is 0 Å². The molecule has 2 N–H and O–H groups in total. The molecule has 5 fully saturated rings. The van der Waals surface area contributed by atoms with Crippen LogP contribution in [-0.2, 0) is 14.6 Å². The predicted octanol–water partition coefficient (Wildman–Crippen LogP) is 3.17. The highest BCUT2D eigenvalue weighted by Crippen LogP contribution is 2.55. The van der Waals surface area contributed by atoms with E-state index >= 15 is 0 Å². The highest BCUT2D eigenvalue weighted by atomic mass is 32.2. The zero-order chi connectivity index (χ0) is 22.6. The molecular formula is C24H32N2O4S2. The Kier molecular flexibility index (Phi) is 5.60. The molecule has 1 saturated heterocycles. The van der Waals surface area contributed by atoms with Crippen LogP contribution in [0.4, 0.5) is 0 Å². The fraction of sp³-hybridized carbons (Fsp3) is 0.667. The van der Waals surface area contributed by atoms with Crippen LogP contribution in [0.15, 0.2) is 29.2 Å². The van der Waals surface area contributed by atoms with Crippen LogP contribution in [0.1, 0.15) is 62.2 Å². The number of benzene rings is 1. The molecule has 6 nitrogen and oxygen atoms in total. The van der Waals surface area contributed by atoms with Crippen LogP contribution in [0.5, 0.6) is 0 Å². The third-order valence-electron chi connectivity index (χ3n) is 7.85. The molecule has 1 heterocycles. The maximum atomic E-state index is 13.0. The van der Waals surface area contributed by atoms with Gasteiger partial charge in [-0.25, -0.2) is 8.42 Å². The SMILES string of the molecule is C[C@]1(NC(=O)c2ccccc2SCC(=O)NC23CC4CC(CC(C4)C2)C3)CCS(=O)(=O)C1. The van der Waals surface area contributed by atoms with Gasteiger partial charge in [0.05, 0.1) is 28.4 Å². The van der Waals surface area contributed by atoms with E-state index in [4.69, 9.17) is 0 Å². The first-order valence-corrected chi connectivity index (χ1v) is 14.5. The van der Waals surface area contributed by atoms with Crippen molar-refractivity contribution in [2.24, 2.45) is 17.8 Å². The van der Waals surface area contributed by atoms with E-state index in [9.17, 15) is 18.0 Å². The lowest BCUT2D eigenvalue weighted by molar-refractivity contribution is -0.124. The van der Waals surface area contributed by atoms with Crippen molar-refractivity contribution in [3.8, 4) is 0 Å². The second kappa shape index (κ2) is 8.05. The quantitative estimate of drug-likeness (QED) is 0.616. The molecule has 0 radical (unpaired) electrons. The first kappa shape index (κ1) is 22.3. The maximum Gasteiger partial charge on any atom is 0.252 e. The zero-order valence-electron chi connectivity index (χ0n) is 18.6.